The first-order valence-corrected chi connectivity index (χ1v) is 4.41. The van der Waals surface area contributed by atoms with E-state index in [0.717, 1.165) is 0 Å². The molecule has 0 unspecified atom stereocenters. The Balaban J connectivity index is -0.000000196. The van der Waals surface area contributed by atoms with E-state index in [1.807, 2.05) is 17.3 Å². The van der Waals surface area contributed by atoms with Gasteiger partial charge in [-0.2, -0.15) is 0 Å². The minimum absolute atomic E-state index is 0. The summed E-state index contributed by atoms with van der Waals surface area (Å²) in [5.41, 5.74) is 6.63. The molecule has 0 saturated carbocycles. The van der Waals surface area contributed by atoms with Gasteiger partial charge in [0.25, 0.3) is 5.97 Å². The summed E-state index contributed by atoms with van der Waals surface area (Å²) in [7, 11) is 4.53. The molecule has 0 heterocycles. The van der Waals surface area contributed by atoms with Crippen molar-refractivity contribution in [2.24, 2.45) is 0 Å². The second-order valence-corrected chi connectivity index (χ2v) is 1.56. The van der Waals surface area contributed by atoms with Crippen LogP contribution in [0.2, 0.25) is 0 Å². The fourth-order valence-electron chi connectivity index (χ4n) is 0.206. The van der Waals surface area contributed by atoms with E-state index in [4.69, 9.17) is 15.9 Å². The summed E-state index contributed by atoms with van der Waals surface area (Å²) >= 11 is 2.02. The van der Waals surface area contributed by atoms with Gasteiger partial charge in [0.2, 0.25) is 0 Å². The molecule has 0 aromatic heterocycles. The van der Waals surface area contributed by atoms with E-state index < -0.39 is 18.1 Å². The average Bonchev–Trinajstić information content (AvgIpc) is 1.90. The Hall–Kier alpha value is 0.303. The van der Waals surface area contributed by atoms with E-state index in [1.54, 1.807) is 0 Å². The first-order chi connectivity index (χ1) is 4.55. The van der Waals surface area contributed by atoms with E-state index in [9.17, 15) is 4.79 Å². The maximum atomic E-state index is 9.79. The first-order valence-electron chi connectivity index (χ1n) is 2.30. The summed E-state index contributed by atoms with van der Waals surface area (Å²) in [6.07, 6.45) is -1.09. The van der Waals surface area contributed by atoms with E-state index >= 15 is 0 Å². The number of aliphatic hydroxyl groups excluding tert-OH is 1. The van der Waals surface area contributed by atoms with Crippen LogP contribution in [0.4, 0.5) is 0 Å². The Morgan fingerprint density at radius 3 is 1.91 bits per heavy atom. The minimum atomic E-state index is -1.41. The second-order valence-electron chi connectivity index (χ2n) is 1.56. The SMILES string of the molecule is C[C@@H](O)[C@H]([NH-])C(=O)O.[CH3-].[Cl][Rh+2]. The Morgan fingerprint density at radius 1 is 1.64 bits per heavy atom. The van der Waals surface area contributed by atoms with Gasteiger partial charge < -0.3 is 23.4 Å². The van der Waals surface area contributed by atoms with Crippen LogP contribution in [0.3, 0.4) is 0 Å². The van der Waals surface area contributed by atoms with Crippen molar-refractivity contribution in [1.82, 2.24) is 0 Å². The normalized spacial score (nSPS) is 13.2. The van der Waals surface area contributed by atoms with E-state index in [-0.39, 0.29) is 7.43 Å². The van der Waals surface area contributed by atoms with Crippen molar-refractivity contribution in [3.05, 3.63) is 13.2 Å². The number of carboxylic acid groups (broad SMARTS) is 1. The van der Waals surface area contributed by atoms with Gasteiger partial charge in [-0.3, -0.25) is 4.79 Å². The summed E-state index contributed by atoms with van der Waals surface area (Å²) in [6.45, 7) is 1.27. The third-order valence-electron chi connectivity index (χ3n) is 0.748. The van der Waals surface area contributed by atoms with Crippen molar-refractivity contribution in [3.63, 3.8) is 0 Å². The van der Waals surface area contributed by atoms with Crippen LogP contribution < -0.4 is 0 Å². The van der Waals surface area contributed by atoms with Gasteiger partial charge in [0.05, 0.1) is 0 Å². The molecule has 0 bridgehead atoms. The van der Waals surface area contributed by atoms with Crippen LogP contribution in [-0.2, 0) is 22.1 Å². The van der Waals surface area contributed by atoms with Crippen molar-refractivity contribution >= 4 is 15.7 Å². The van der Waals surface area contributed by atoms with Gasteiger partial charge in [0.15, 0.2) is 0 Å². The molecule has 0 amide bonds. The zero-order chi connectivity index (χ0) is 8.73. The first kappa shape index (κ1) is 17.4. The number of aliphatic hydroxyl groups is 1. The number of nitrogens with one attached hydrogen (secondary N) is 1. The molecule has 3 N–H and O–H groups in total. The van der Waals surface area contributed by atoms with E-state index in [2.05, 4.69) is 9.69 Å². The molecule has 0 aromatic rings. The number of hydrogen-bond donors (Lipinski definition) is 2. The number of halogens is 1. The standard InChI is InChI=1S/C4H8NO3.CH3.ClH.Rh/c1-2(6)3(5)4(7)8;;;/h2-3,5-6H,1H3,(H,7,8);1H3;1H;/q2*-1;;+3/p-1/t2-,3+;;;/m1.../s1. The van der Waals surface area contributed by atoms with Crippen LogP contribution in [0.5, 0.6) is 0 Å². The molecule has 11 heavy (non-hydrogen) atoms. The Morgan fingerprint density at radius 2 is 1.91 bits per heavy atom. The topological polar surface area (TPSA) is 81.3 Å². The third-order valence-corrected chi connectivity index (χ3v) is 0.748. The van der Waals surface area contributed by atoms with Crippen molar-refractivity contribution in [3.8, 4) is 0 Å². The summed E-state index contributed by atoms with van der Waals surface area (Å²) in [4.78, 5) is 9.79. The van der Waals surface area contributed by atoms with Crippen molar-refractivity contribution in [1.29, 1.82) is 0 Å². The fourth-order valence-corrected chi connectivity index (χ4v) is 0.206. The van der Waals surface area contributed by atoms with Crippen molar-refractivity contribution in [2.45, 2.75) is 19.1 Å². The molecule has 0 spiro atoms. The molecule has 0 aliphatic heterocycles. The van der Waals surface area contributed by atoms with Crippen LogP contribution in [0.25, 0.3) is 5.73 Å². The van der Waals surface area contributed by atoms with Gasteiger partial charge in [-0.05, 0) is 13.0 Å². The van der Waals surface area contributed by atoms with Crippen LogP contribution in [0.1, 0.15) is 6.92 Å². The number of rotatable bonds is 2. The van der Waals surface area contributed by atoms with Gasteiger partial charge >= 0.3 is 27.0 Å². The van der Waals surface area contributed by atoms with Crippen LogP contribution in [0.15, 0.2) is 0 Å². The molecule has 0 radical (unpaired) electrons. The van der Waals surface area contributed by atoms with Gasteiger partial charge in [0, 0.05) is 6.10 Å². The molecule has 0 aliphatic carbocycles. The number of carboxylic acids is 1. The van der Waals surface area contributed by atoms with Crippen LogP contribution in [-0.4, -0.2) is 28.3 Å². The van der Waals surface area contributed by atoms with Crippen molar-refractivity contribution in [2.75, 3.05) is 0 Å². The van der Waals surface area contributed by atoms with Crippen LogP contribution in [0, 0.1) is 7.43 Å². The molecule has 0 aliphatic rings. The summed E-state index contributed by atoms with van der Waals surface area (Å²) < 4.78 is 0. The summed E-state index contributed by atoms with van der Waals surface area (Å²) in [6, 6.07) is -1.41. The van der Waals surface area contributed by atoms with Gasteiger partial charge in [-0.25, -0.2) is 0 Å². The molecule has 0 saturated heterocycles. The molecule has 0 rings (SSSR count). The molecule has 0 fully saturated rings. The molecule has 6 heteroatoms. The average molecular weight is 272 g/mol. The quantitative estimate of drug-likeness (QED) is 0.581. The third kappa shape index (κ3) is 10.3. The maximum absolute atomic E-state index is 9.79. The van der Waals surface area contributed by atoms with Crippen molar-refractivity contribution < 1.29 is 32.3 Å². The molecule has 70 valence electrons. The van der Waals surface area contributed by atoms with Gasteiger partial charge in [-0.15, -0.1) is 0 Å². The molecular weight excluding hydrogens is 260 g/mol. The molecule has 2 atom stereocenters. The summed E-state index contributed by atoms with van der Waals surface area (Å²) in [5, 5.41) is 16.4. The van der Waals surface area contributed by atoms with E-state index in [0.29, 0.717) is 0 Å². The Bertz CT molecular complexity index is 102. The van der Waals surface area contributed by atoms with Crippen LogP contribution >= 0.6 is 9.69 Å². The zero-order valence-corrected chi connectivity index (χ0v) is 8.56. The molecule has 4 nitrogen and oxygen atoms in total. The molecular formula is C5H11ClNO3Rh. The van der Waals surface area contributed by atoms with Gasteiger partial charge in [0.1, 0.15) is 0 Å². The summed E-state index contributed by atoms with van der Waals surface area (Å²) in [5.74, 6) is -1.29. The number of carbonyl (C=O) groups is 1. The monoisotopic (exact) mass is 271 g/mol. The predicted molar refractivity (Wildman–Crippen MR) is 39.7 cm³/mol. The Labute approximate surface area is 80.4 Å². The number of aliphatic carboxylic acids is 1. The predicted octanol–water partition coefficient (Wildman–Crippen LogP) is 1.01. The number of hydrogen-bond acceptors (Lipinski definition) is 2. The van der Waals surface area contributed by atoms with E-state index in [1.165, 1.54) is 6.92 Å². The second kappa shape index (κ2) is 10.3. The fraction of sp³-hybridized carbons (Fsp3) is 0.600. The molecule has 0 aromatic carbocycles. The zero-order valence-electron chi connectivity index (χ0n) is 6.17. The van der Waals surface area contributed by atoms with Gasteiger partial charge in [-0.1, -0.05) is 0 Å². The Kier molecular flexibility index (Phi) is 16.3.